The topological polar surface area (TPSA) is 92.1 Å². The Hall–Kier alpha value is -1.99. The van der Waals surface area contributed by atoms with Crippen molar-refractivity contribution < 1.29 is 9.90 Å². The van der Waals surface area contributed by atoms with Crippen LogP contribution in [0.2, 0.25) is 0 Å². The summed E-state index contributed by atoms with van der Waals surface area (Å²) in [6, 6.07) is 1.81. The van der Waals surface area contributed by atoms with Crippen LogP contribution in [0.15, 0.2) is 12.3 Å². The maximum Gasteiger partial charge on any atom is 0.252 e. The highest BCUT2D eigenvalue weighted by Gasteiger charge is 2.25. The predicted octanol–water partition coefficient (Wildman–Crippen LogP) is -0.413. The third-order valence-electron chi connectivity index (χ3n) is 3.95. The van der Waals surface area contributed by atoms with Crippen LogP contribution >= 0.6 is 0 Å². The van der Waals surface area contributed by atoms with E-state index in [4.69, 9.17) is 0 Å². The number of rotatable bonds is 3. The van der Waals surface area contributed by atoms with Gasteiger partial charge in [0, 0.05) is 44.2 Å². The van der Waals surface area contributed by atoms with E-state index >= 15 is 0 Å². The number of hydrogen-bond donors (Lipinski definition) is 3. The summed E-state index contributed by atoms with van der Waals surface area (Å²) in [7, 11) is 1.83. The molecule has 2 unspecified atom stereocenters. The molecule has 0 spiro atoms. The molecule has 3 N–H and O–H groups in total. The molecule has 1 fully saturated rings. The third kappa shape index (κ3) is 2.62. The van der Waals surface area contributed by atoms with Crippen LogP contribution in [0.3, 0.4) is 0 Å². The van der Waals surface area contributed by atoms with Gasteiger partial charge in [0.25, 0.3) is 5.91 Å². The molecule has 0 radical (unpaired) electrons. The van der Waals surface area contributed by atoms with Gasteiger partial charge in [-0.25, -0.2) is 4.98 Å². The van der Waals surface area contributed by atoms with E-state index in [-0.39, 0.29) is 11.8 Å². The zero-order chi connectivity index (χ0) is 15.0. The van der Waals surface area contributed by atoms with Crippen LogP contribution in [-0.4, -0.2) is 51.5 Å². The zero-order valence-corrected chi connectivity index (χ0v) is 12.1. The smallest absolute Gasteiger partial charge is 0.252 e. The summed E-state index contributed by atoms with van der Waals surface area (Å²) >= 11 is 0. The van der Waals surface area contributed by atoms with E-state index in [1.165, 1.54) is 0 Å². The van der Waals surface area contributed by atoms with Crippen molar-refractivity contribution in [1.82, 2.24) is 25.4 Å². The number of β-amino-alcohol motifs (C(OH)–C–C–N with tert-alkyl or cyclic N) is 1. The molecule has 3 heterocycles. The van der Waals surface area contributed by atoms with E-state index in [9.17, 15) is 9.90 Å². The lowest BCUT2D eigenvalue weighted by Gasteiger charge is -2.14. The molecule has 0 aliphatic carbocycles. The van der Waals surface area contributed by atoms with Crippen LogP contribution in [-0.2, 0) is 7.05 Å². The molecule has 112 valence electrons. The molecule has 7 heteroatoms. The number of fused-ring (bicyclic) bond motifs is 1. The van der Waals surface area contributed by atoms with Crippen LogP contribution in [0.1, 0.15) is 16.1 Å². The number of pyridine rings is 1. The highest BCUT2D eigenvalue weighted by molar-refractivity contribution is 5.97. The maximum absolute atomic E-state index is 12.2. The van der Waals surface area contributed by atoms with Crippen molar-refractivity contribution in [3.63, 3.8) is 0 Å². The average molecular weight is 289 g/mol. The molecule has 0 aromatic carbocycles. The van der Waals surface area contributed by atoms with Crippen molar-refractivity contribution in [1.29, 1.82) is 0 Å². The minimum absolute atomic E-state index is 0.0609. The Bertz CT molecular complexity index is 681. The van der Waals surface area contributed by atoms with E-state index < -0.39 is 6.10 Å². The molecule has 21 heavy (non-hydrogen) atoms. The number of aliphatic hydroxyl groups is 1. The molecular weight excluding hydrogens is 270 g/mol. The number of nitrogens with one attached hydrogen (secondary N) is 2. The molecule has 7 nitrogen and oxygen atoms in total. The van der Waals surface area contributed by atoms with E-state index in [0.717, 1.165) is 23.3 Å². The summed E-state index contributed by atoms with van der Waals surface area (Å²) in [6.07, 6.45) is 1.16. The quantitative estimate of drug-likeness (QED) is 0.714. The van der Waals surface area contributed by atoms with Crippen molar-refractivity contribution >= 4 is 16.9 Å². The normalized spacial score (nSPS) is 21.9. The number of aliphatic hydroxyl groups excluding tert-OH is 1. The Labute approximate surface area is 122 Å². The Morgan fingerprint density at radius 3 is 3.10 bits per heavy atom. The van der Waals surface area contributed by atoms with Gasteiger partial charge in [-0.05, 0) is 13.0 Å². The Kier molecular flexibility index (Phi) is 3.60. The fourth-order valence-corrected chi connectivity index (χ4v) is 2.69. The minimum atomic E-state index is -0.397. The van der Waals surface area contributed by atoms with Gasteiger partial charge in [0.15, 0.2) is 5.65 Å². The molecule has 1 aliphatic rings. The Balaban J connectivity index is 1.74. The summed E-state index contributed by atoms with van der Waals surface area (Å²) < 4.78 is 1.70. The van der Waals surface area contributed by atoms with Gasteiger partial charge in [0.05, 0.1) is 17.4 Å². The first kappa shape index (κ1) is 14.0. The minimum Gasteiger partial charge on any atom is -0.391 e. The van der Waals surface area contributed by atoms with E-state index in [1.54, 1.807) is 10.9 Å². The van der Waals surface area contributed by atoms with Gasteiger partial charge in [-0.15, -0.1) is 0 Å². The Morgan fingerprint density at radius 2 is 2.38 bits per heavy atom. The fourth-order valence-electron chi connectivity index (χ4n) is 2.69. The lowest BCUT2D eigenvalue weighted by atomic mass is 10.1. The lowest BCUT2D eigenvalue weighted by molar-refractivity contribution is 0.0927. The first-order valence-electron chi connectivity index (χ1n) is 7.02. The predicted molar refractivity (Wildman–Crippen MR) is 77.9 cm³/mol. The molecule has 0 saturated carbocycles. The number of hydrogen-bond acceptors (Lipinski definition) is 5. The highest BCUT2D eigenvalue weighted by Crippen LogP contribution is 2.16. The van der Waals surface area contributed by atoms with Gasteiger partial charge in [0.1, 0.15) is 0 Å². The van der Waals surface area contributed by atoms with Gasteiger partial charge >= 0.3 is 0 Å². The molecule has 2 aromatic rings. The van der Waals surface area contributed by atoms with E-state index in [0.29, 0.717) is 18.7 Å². The first-order chi connectivity index (χ1) is 10.1. The van der Waals surface area contributed by atoms with Crippen LogP contribution in [0.4, 0.5) is 0 Å². The monoisotopic (exact) mass is 289 g/mol. The summed E-state index contributed by atoms with van der Waals surface area (Å²) in [5.74, 6) is -0.113. The molecule has 2 aromatic heterocycles. The van der Waals surface area contributed by atoms with Crippen molar-refractivity contribution in [2.24, 2.45) is 13.0 Å². The van der Waals surface area contributed by atoms with Crippen LogP contribution in [0.25, 0.3) is 11.0 Å². The standard InChI is InChI=1S/C14H19N5O2/c1-8-11-3-9(5-16-13(11)19(2)18-8)14(21)17-6-10-4-15-7-12(10)20/h3,5,10,12,15,20H,4,6-7H2,1-2H3,(H,17,21). The van der Waals surface area contributed by atoms with Crippen molar-refractivity contribution in [3.05, 3.63) is 23.5 Å². The molecule has 1 aliphatic heterocycles. The second-order valence-electron chi connectivity index (χ2n) is 5.50. The lowest BCUT2D eigenvalue weighted by Crippen LogP contribution is -2.34. The van der Waals surface area contributed by atoms with Gasteiger partial charge in [-0.3, -0.25) is 9.48 Å². The number of carbonyl (C=O) groups is 1. The van der Waals surface area contributed by atoms with Crippen molar-refractivity contribution in [2.75, 3.05) is 19.6 Å². The number of nitrogens with zero attached hydrogens (tertiary/aromatic N) is 3. The third-order valence-corrected chi connectivity index (χ3v) is 3.95. The summed E-state index contributed by atoms with van der Waals surface area (Å²) in [4.78, 5) is 16.5. The first-order valence-corrected chi connectivity index (χ1v) is 7.02. The maximum atomic E-state index is 12.2. The summed E-state index contributed by atoms with van der Waals surface area (Å²) in [5, 5.41) is 20.8. The largest absolute Gasteiger partial charge is 0.391 e. The number of aromatic nitrogens is 3. The van der Waals surface area contributed by atoms with Crippen LogP contribution in [0, 0.1) is 12.8 Å². The molecule has 0 bridgehead atoms. The molecule has 3 rings (SSSR count). The Morgan fingerprint density at radius 1 is 1.57 bits per heavy atom. The van der Waals surface area contributed by atoms with Gasteiger partial charge < -0.3 is 15.7 Å². The zero-order valence-electron chi connectivity index (χ0n) is 12.1. The number of carbonyl (C=O) groups excluding carboxylic acids is 1. The molecular formula is C14H19N5O2. The average Bonchev–Trinajstić information content (AvgIpc) is 3.00. The molecule has 2 atom stereocenters. The van der Waals surface area contributed by atoms with Gasteiger partial charge in [0.2, 0.25) is 0 Å². The van der Waals surface area contributed by atoms with E-state index in [1.807, 2.05) is 20.0 Å². The summed E-state index contributed by atoms with van der Waals surface area (Å²) in [5.41, 5.74) is 2.13. The van der Waals surface area contributed by atoms with Crippen LogP contribution in [0.5, 0.6) is 0 Å². The van der Waals surface area contributed by atoms with Gasteiger partial charge in [-0.1, -0.05) is 0 Å². The van der Waals surface area contributed by atoms with E-state index in [2.05, 4.69) is 20.7 Å². The van der Waals surface area contributed by atoms with Gasteiger partial charge in [-0.2, -0.15) is 5.10 Å². The second kappa shape index (κ2) is 5.42. The SMILES string of the molecule is Cc1nn(C)c2ncc(C(=O)NCC3CNCC3O)cc12. The number of aryl methyl sites for hydroxylation is 2. The molecule has 1 amide bonds. The summed E-state index contributed by atoms with van der Waals surface area (Å²) in [6.45, 7) is 3.66. The molecule has 1 saturated heterocycles. The highest BCUT2D eigenvalue weighted by atomic mass is 16.3. The number of amides is 1. The second-order valence-corrected chi connectivity index (χ2v) is 5.50. The van der Waals surface area contributed by atoms with Crippen molar-refractivity contribution in [3.8, 4) is 0 Å². The van der Waals surface area contributed by atoms with Crippen molar-refractivity contribution in [2.45, 2.75) is 13.0 Å². The van der Waals surface area contributed by atoms with Crippen LogP contribution < -0.4 is 10.6 Å². The fraction of sp³-hybridized carbons (Fsp3) is 0.500.